The van der Waals surface area contributed by atoms with Crippen molar-refractivity contribution < 1.29 is 13.5 Å². The SMILES string of the molecule is CSc1c(Cl)cc(C(O)CN)cc1S(C)(=O)=O. The molecule has 3 N–H and O–H groups in total. The molecule has 0 bridgehead atoms. The predicted molar refractivity (Wildman–Crippen MR) is 70.4 cm³/mol. The van der Waals surface area contributed by atoms with E-state index in [1.165, 1.54) is 17.8 Å². The largest absolute Gasteiger partial charge is 0.387 e. The van der Waals surface area contributed by atoms with Crippen molar-refractivity contribution >= 4 is 33.2 Å². The number of hydrogen-bond donors (Lipinski definition) is 2. The summed E-state index contributed by atoms with van der Waals surface area (Å²) in [6.07, 6.45) is 1.94. The van der Waals surface area contributed by atoms with Gasteiger partial charge in [-0.25, -0.2) is 8.42 Å². The third-order valence-electron chi connectivity index (χ3n) is 2.24. The standard InChI is InChI=1S/C10H14ClNO3S2/c1-16-10-7(11)3-6(8(13)5-12)4-9(10)17(2,14)15/h3-4,8,13H,5,12H2,1-2H3. The lowest BCUT2D eigenvalue weighted by Crippen LogP contribution is -2.12. The van der Waals surface area contributed by atoms with E-state index in [9.17, 15) is 13.5 Å². The van der Waals surface area contributed by atoms with Gasteiger partial charge in [-0.1, -0.05) is 11.6 Å². The van der Waals surface area contributed by atoms with Gasteiger partial charge in [-0.3, -0.25) is 0 Å². The molecule has 4 nitrogen and oxygen atoms in total. The van der Waals surface area contributed by atoms with Gasteiger partial charge in [-0.2, -0.15) is 0 Å². The van der Waals surface area contributed by atoms with Gasteiger partial charge in [0.15, 0.2) is 9.84 Å². The van der Waals surface area contributed by atoms with E-state index in [0.29, 0.717) is 15.5 Å². The molecule has 0 saturated carbocycles. The van der Waals surface area contributed by atoms with Gasteiger partial charge in [0.25, 0.3) is 0 Å². The minimum atomic E-state index is -3.39. The molecule has 0 aliphatic carbocycles. The summed E-state index contributed by atoms with van der Waals surface area (Å²) in [5.41, 5.74) is 5.75. The van der Waals surface area contributed by atoms with Crippen LogP contribution in [0.4, 0.5) is 0 Å². The van der Waals surface area contributed by atoms with Crippen molar-refractivity contribution in [1.82, 2.24) is 0 Å². The second-order valence-electron chi connectivity index (χ2n) is 3.56. The molecule has 0 aliphatic heterocycles. The van der Waals surface area contributed by atoms with E-state index in [-0.39, 0.29) is 11.4 Å². The Morgan fingerprint density at radius 1 is 1.53 bits per heavy atom. The number of nitrogens with two attached hydrogens (primary N) is 1. The van der Waals surface area contributed by atoms with E-state index in [4.69, 9.17) is 17.3 Å². The molecule has 1 aromatic rings. The van der Waals surface area contributed by atoms with E-state index in [1.807, 2.05) is 0 Å². The van der Waals surface area contributed by atoms with Crippen molar-refractivity contribution in [3.8, 4) is 0 Å². The molecule has 1 atom stereocenters. The Hall–Kier alpha value is -0.270. The molecule has 0 radical (unpaired) electrons. The molecule has 0 saturated heterocycles. The van der Waals surface area contributed by atoms with Crippen LogP contribution in [0.2, 0.25) is 5.02 Å². The van der Waals surface area contributed by atoms with Crippen LogP contribution in [0.5, 0.6) is 0 Å². The van der Waals surface area contributed by atoms with E-state index in [1.54, 1.807) is 12.3 Å². The average Bonchev–Trinajstić information content (AvgIpc) is 2.25. The van der Waals surface area contributed by atoms with Gasteiger partial charge < -0.3 is 10.8 Å². The molecule has 7 heteroatoms. The van der Waals surface area contributed by atoms with E-state index in [0.717, 1.165) is 6.26 Å². The second-order valence-corrected chi connectivity index (χ2v) is 6.77. The second kappa shape index (κ2) is 5.58. The fourth-order valence-corrected chi connectivity index (χ4v) is 3.92. The maximum Gasteiger partial charge on any atom is 0.176 e. The van der Waals surface area contributed by atoms with Crippen LogP contribution in [0.15, 0.2) is 21.9 Å². The number of rotatable bonds is 4. The molecule has 1 rings (SSSR count). The molecule has 0 aromatic heterocycles. The molecule has 96 valence electrons. The molecule has 0 spiro atoms. The first-order chi connectivity index (χ1) is 7.81. The maximum atomic E-state index is 11.6. The Balaban J connectivity index is 3.50. The van der Waals surface area contributed by atoms with Gasteiger partial charge in [0, 0.05) is 17.7 Å². The summed E-state index contributed by atoms with van der Waals surface area (Å²) < 4.78 is 23.3. The van der Waals surface area contributed by atoms with Gasteiger partial charge in [0.2, 0.25) is 0 Å². The molecule has 17 heavy (non-hydrogen) atoms. The fraction of sp³-hybridized carbons (Fsp3) is 0.400. The molecule has 0 amide bonds. The zero-order chi connectivity index (χ0) is 13.2. The zero-order valence-electron chi connectivity index (χ0n) is 9.47. The Kier molecular flexibility index (Phi) is 4.86. The zero-order valence-corrected chi connectivity index (χ0v) is 11.9. The Labute approximate surface area is 110 Å². The third kappa shape index (κ3) is 3.35. The van der Waals surface area contributed by atoms with Crippen LogP contribution in [0.3, 0.4) is 0 Å². The number of aliphatic hydroxyl groups is 1. The highest BCUT2D eigenvalue weighted by Crippen LogP contribution is 2.34. The van der Waals surface area contributed by atoms with Crippen LogP contribution < -0.4 is 5.73 Å². The molecule has 1 unspecified atom stereocenters. The van der Waals surface area contributed by atoms with Crippen LogP contribution in [-0.4, -0.2) is 32.6 Å². The van der Waals surface area contributed by atoms with Crippen LogP contribution in [0, 0.1) is 0 Å². The number of hydrogen-bond acceptors (Lipinski definition) is 5. The van der Waals surface area contributed by atoms with Gasteiger partial charge in [-0.05, 0) is 24.0 Å². The maximum absolute atomic E-state index is 11.6. The van der Waals surface area contributed by atoms with E-state index < -0.39 is 15.9 Å². The summed E-state index contributed by atoms with van der Waals surface area (Å²) >= 11 is 7.26. The van der Waals surface area contributed by atoms with Gasteiger partial charge in [0.05, 0.1) is 16.0 Å². The van der Waals surface area contributed by atoms with Crippen LogP contribution in [0.25, 0.3) is 0 Å². The first-order valence-electron chi connectivity index (χ1n) is 4.77. The first kappa shape index (κ1) is 14.8. The summed E-state index contributed by atoms with van der Waals surface area (Å²) in [4.78, 5) is 0.613. The highest BCUT2D eigenvalue weighted by atomic mass is 35.5. The Morgan fingerprint density at radius 3 is 2.53 bits per heavy atom. The van der Waals surface area contributed by atoms with Gasteiger partial charge in [-0.15, -0.1) is 11.8 Å². The monoisotopic (exact) mass is 295 g/mol. The van der Waals surface area contributed by atoms with Crippen molar-refractivity contribution in [3.05, 3.63) is 22.7 Å². The minimum Gasteiger partial charge on any atom is -0.387 e. The molecule has 1 aromatic carbocycles. The minimum absolute atomic E-state index is 0.0120. The van der Waals surface area contributed by atoms with E-state index >= 15 is 0 Å². The molecule has 0 fully saturated rings. The summed E-state index contributed by atoms with van der Waals surface area (Å²) in [5.74, 6) is 0. The first-order valence-corrected chi connectivity index (χ1v) is 8.26. The highest BCUT2D eigenvalue weighted by molar-refractivity contribution is 7.99. The van der Waals surface area contributed by atoms with Gasteiger partial charge in [0.1, 0.15) is 0 Å². The van der Waals surface area contributed by atoms with Crippen molar-refractivity contribution in [2.45, 2.75) is 15.9 Å². The van der Waals surface area contributed by atoms with E-state index in [2.05, 4.69) is 0 Å². The van der Waals surface area contributed by atoms with Crippen molar-refractivity contribution in [1.29, 1.82) is 0 Å². The Bertz CT molecular complexity index is 517. The normalized spacial score (nSPS) is 13.7. The Morgan fingerprint density at radius 2 is 2.12 bits per heavy atom. The van der Waals surface area contributed by atoms with Crippen molar-refractivity contribution in [2.75, 3.05) is 19.1 Å². The van der Waals surface area contributed by atoms with Crippen LogP contribution >= 0.6 is 23.4 Å². The van der Waals surface area contributed by atoms with Crippen molar-refractivity contribution in [3.63, 3.8) is 0 Å². The quantitative estimate of drug-likeness (QED) is 0.822. The highest BCUT2D eigenvalue weighted by Gasteiger charge is 2.19. The number of benzene rings is 1. The van der Waals surface area contributed by atoms with Gasteiger partial charge >= 0.3 is 0 Å². The average molecular weight is 296 g/mol. The summed E-state index contributed by atoms with van der Waals surface area (Å²) in [6, 6.07) is 2.96. The molecular formula is C10H14ClNO3S2. The number of thioether (sulfide) groups is 1. The number of sulfone groups is 1. The lowest BCUT2D eigenvalue weighted by atomic mass is 10.1. The smallest absolute Gasteiger partial charge is 0.176 e. The third-order valence-corrected chi connectivity index (χ3v) is 4.75. The molecule has 0 heterocycles. The molecule has 0 aliphatic rings. The number of halogens is 1. The number of aliphatic hydroxyl groups excluding tert-OH is 1. The van der Waals surface area contributed by atoms with Crippen LogP contribution in [0.1, 0.15) is 11.7 Å². The summed E-state index contributed by atoms with van der Waals surface area (Å²) in [6.45, 7) is 0.0120. The summed E-state index contributed by atoms with van der Waals surface area (Å²) in [5, 5.41) is 9.93. The molecular weight excluding hydrogens is 282 g/mol. The van der Waals surface area contributed by atoms with Crippen molar-refractivity contribution in [2.24, 2.45) is 5.73 Å². The lowest BCUT2D eigenvalue weighted by Gasteiger charge is -2.14. The lowest BCUT2D eigenvalue weighted by molar-refractivity contribution is 0.186. The van der Waals surface area contributed by atoms with Crippen LogP contribution in [-0.2, 0) is 9.84 Å². The summed E-state index contributed by atoms with van der Waals surface area (Å²) in [7, 11) is -3.39. The fourth-order valence-electron chi connectivity index (χ4n) is 1.39. The topological polar surface area (TPSA) is 80.4 Å². The predicted octanol–water partition coefficient (Wildman–Crippen LogP) is 1.46.